The molecule has 0 spiro atoms. The molecule has 0 bridgehead atoms. The van der Waals surface area contributed by atoms with Gasteiger partial charge in [0.15, 0.2) is 11.5 Å². The summed E-state index contributed by atoms with van der Waals surface area (Å²) in [4.78, 5) is 16.9. The van der Waals surface area contributed by atoms with Crippen molar-refractivity contribution in [1.29, 1.82) is 0 Å². The number of benzene rings is 3. The molecule has 7 heteroatoms. The fourth-order valence-corrected chi connectivity index (χ4v) is 3.90. The highest BCUT2D eigenvalue weighted by molar-refractivity contribution is 7.16. The molecule has 162 valence electrons. The second-order valence-corrected chi connectivity index (χ2v) is 7.72. The van der Waals surface area contributed by atoms with Gasteiger partial charge in [-0.15, -0.1) is 11.3 Å². The maximum Gasteiger partial charge on any atom is 0.248 e. The lowest BCUT2D eigenvalue weighted by Gasteiger charge is -2.12. The van der Waals surface area contributed by atoms with E-state index in [1.165, 1.54) is 6.08 Å². The quantitative estimate of drug-likeness (QED) is 0.360. The number of fused-ring (bicyclic) bond motifs is 1. The normalized spacial score (nSPS) is 10.9. The minimum atomic E-state index is -0.242. The van der Waals surface area contributed by atoms with E-state index in [1.54, 1.807) is 43.2 Å². The van der Waals surface area contributed by atoms with Crippen molar-refractivity contribution < 1.29 is 19.0 Å². The van der Waals surface area contributed by atoms with Gasteiger partial charge in [-0.25, -0.2) is 4.98 Å². The molecule has 6 nitrogen and oxygen atoms in total. The van der Waals surface area contributed by atoms with E-state index in [2.05, 4.69) is 10.3 Å². The number of carbonyl (C=O) groups excluding carboxylic acids is 1. The Morgan fingerprint density at radius 2 is 1.84 bits per heavy atom. The van der Waals surface area contributed by atoms with Crippen molar-refractivity contribution in [2.24, 2.45) is 0 Å². The van der Waals surface area contributed by atoms with Crippen molar-refractivity contribution in [3.63, 3.8) is 0 Å². The molecule has 4 rings (SSSR count). The molecule has 4 aromatic rings. The van der Waals surface area contributed by atoms with Gasteiger partial charge >= 0.3 is 0 Å². The Morgan fingerprint density at radius 3 is 2.69 bits per heavy atom. The molecule has 0 aliphatic rings. The van der Waals surface area contributed by atoms with Gasteiger partial charge in [0.1, 0.15) is 17.9 Å². The molecule has 0 atom stereocenters. The van der Waals surface area contributed by atoms with Gasteiger partial charge in [-0.2, -0.15) is 0 Å². The number of para-hydroxylation sites is 2. The van der Waals surface area contributed by atoms with E-state index in [-0.39, 0.29) is 5.91 Å². The van der Waals surface area contributed by atoms with E-state index in [1.807, 2.05) is 54.6 Å². The Bertz CT molecular complexity index is 1270. The summed E-state index contributed by atoms with van der Waals surface area (Å²) in [6.45, 7) is 0.312. The molecular weight excluding hydrogens is 424 g/mol. The minimum absolute atomic E-state index is 0.242. The Labute approximate surface area is 190 Å². The second kappa shape index (κ2) is 9.98. The molecule has 1 N–H and O–H groups in total. The van der Waals surface area contributed by atoms with Crippen molar-refractivity contribution in [3.05, 3.63) is 83.4 Å². The molecule has 3 aromatic carbocycles. The molecule has 32 heavy (non-hydrogen) atoms. The lowest BCUT2D eigenvalue weighted by Crippen LogP contribution is -2.10. The Balaban J connectivity index is 1.44. The van der Waals surface area contributed by atoms with Gasteiger partial charge in [-0.1, -0.05) is 30.3 Å². The maximum atomic E-state index is 12.5. The summed E-state index contributed by atoms with van der Waals surface area (Å²) in [6.07, 6.45) is 3.20. The number of rotatable bonds is 8. The minimum Gasteiger partial charge on any atom is -0.493 e. The van der Waals surface area contributed by atoms with Crippen molar-refractivity contribution in [2.45, 2.75) is 6.61 Å². The predicted octanol–water partition coefficient (Wildman–Crippen LogP) is 5.54. The standard InChI is InChI=1S/C25H22N2O4S/c1-29-20-12-10-17(14-22(20)30-2)11-13-24(28)27-19-7-4-3-6-18(19)15-31-21-8-5-9-23-25(21)26-16-32-23/h3-14,16H,15H2,1-2H3,(H,27,28)/b13-11+. The summed E-state index contributed by atoms with van der Waals surface area (Å²) in [6, 6.07) is 18.9. The van der Waals surface area contributed by atoms with Gasteiger partial charge in [0.25, 0.3) is 0 Å². The van der Waals surface area contributed by atoms with Gasteiger partial charge < -0.3 is 19.5 Å². The molecule has 0 aliphatic heterocycles. The van der Waals surface area contributed by atoms with Crippen LogP contribution in [0.3, 0.4) is 0 Å². The highest BCUT2D eigenvalue weighted by atomic mass is 32.1. The van der Waals surface area contributed by atoms with E-state index >= 15 is 0 Å². The number of hydrogen-bond donors (Lipinski definition) is 1. The first-order valence-corrected chi connectivity index (χ1v) is 10.8. The van der Waals surface area contributed by atoms with Gasteiger partial charge in [-0.3, -0.25) is 4.79 Å². The van der Waals surface area contributed by atoms with Crippen molar-refractivity contribution in [2.75, 3.05) is 19.5 Å². The van der Waals surface area contributed by atoms with Crippen LogP contribution in [0.5, 0.6) is 17.2 Å². The van der Waals surface area contributed by atoms with Crippen molar-refractivity contribution in [3.8, 4) is 17.2 Å². The van der Waals surface area contributed by atoms with Crippen LogP contribution in [-0.4, -0.2) is 25.1 Å². The van der Waals surface area contributed by atoms with E-state index in [9.17, 15) is 4.79 Å². The molecule has 0 radical (unpaired) electrons. The number of carbonyl (C=O) groups is 1. The first-order chi connectivity index (χ1) is 15.7. The molecule has 1 aromatic heterocycles. The SMILES string of the molecule is COc1ccc(/C=C/C(=O)Nc2ccccc2COc2cccc3scnc23)cc1OC. The third kappa shape index (κ3) is 4.90. The number of anilines is 1. The average molecular weight is 447 g/mol. The van der Waals surface area contributed by atoms with Crippen LogP contribution in [0.1, 0.15) is 11.1 Å². The number of aromatic nitrogens is 1. The summed E-state index contributed by atoms with van der Waals surface area (Å²) in [7, 11) is 3.16. The van der Waals surface area contributed by atoms with Gasteiger partial charge in [-0.05, 0) is 42.0 Å². The predicted molar refractivity (Wildman–Crippen MR) is 128 cm³/mol. The highest BCUT2D eigenvalue weighted by Crippen LogP contribution is 2.29. The zero-order valence-corrected chi connectivity index (χ0v) is 18.5. The van der Waals surface area contributed by atoms with Crippen molar-refractivity contribution >= 4 is 39.2 Å². The van der Waals surface area contributed by atoms with E-state index in [4.69, 9.17) is 14.2 Å². The molecule has 0 aliphatic carbocycles. The average Bonchev–Trinajstić information content (AvgIpc) is 3.31. The largest absolute Gasteiger partial charge is 0.493 e. The van der Waals surface area contributed by atoms with Crippen LogP contribution >= 0.6 is 11.3 Å². The first kappa shape index (κ1) is 21.4. The molecule has 0 saturated heterocycles. The van der Waals surface area contributed by atoms with Gasteiger partial charge in [0.05, 0.1) is 24.4 Å². The van der Waals surface area contributed by atoms with Crippen LogP contribution in [0.4, 0.5) is 5.69 Å². The van der Waals surface area contributed by atoms with Crippen LogP contribution in [0.25, 0.3) is 16.3 Å². The van der Waals surface area contributed by atoms with E-state index < -0.39 is 0 Å². The summed E-state index contributed by atoms with van der Waals surface area (Å²) < 4.78 is 17.6. The Morgan fingerprint density at radius 1 is 1.00 bits per heavy atom. The summed E-state index contributed by atoms with van der Waals surface area (Å²) >= 11 is 1.57. The van der Waals surface area contributed by atoms with Crippen LogP contribution in [-0.2, 0) is 11.4 Å². The molecular formula is C25H22N2O4S. The van der Waals surface area contributed by atoms with E-state index in [0.29, 0.717) is 23.8 Å². The summed E-state index contributed by atoms with van der Waals surface area (Å²) in [5, 5.41) is 2.93. The molecule has 0 fully saturated rings. The summed E-state index contributed by atoms with van der Waals surface area (Å²) in [5.74, 6) is 1.72. The molecule has 0 saturated carbocycles. The zero-order chi connectivity index (χ0) is 22.3. The molecule has 1 amide bonds. The number of thiazole rings is 1. The molecule has 0 unspecified atom stereocenters. The third-order valence-electron chi connectivity index (χ3n) is 4.82. The van der Waals surface area contributed by atoms with Gasteiger partial charge in [0.2, 0.25) is 5.91 Å². The Kier molecular flexibility index (Phi) is 6.67. The topological polar surface area (TPSA) is 69.7 Å². The van der Waals surface area contributed by atoms with Crippen LogP contribution in [0.2, 0.25) is 0 Å². The molecule has 1 heterocycles. The lowest BCUT2D eigenvalue weighted by molar-refractivity contribution is -0.111. The number of nitrogens with zero attached hydrogens (tertiary/aromatic N) is 1. The number of amides is 1. The van der Waals surface area contributed by atoms with Crippen LogP contribution in [0.15, 0.2) is 72.3 Å². The monoisotopic (exact) mass is 446 g/mol. The first-order valence-electron chi connectivity index (χ1n) is 9.92. The van der Waals surface area contributed by atoms with Crippen LogP contribution in [0, 0.1) is 0 Å². The maximum absolute atomic E-state index is 12.5. The second-order valence-electron chi connectivity index (χ2n) is 6.84. The highest BCUT2D eigenvalue weighted by Gasteiger charge is 2.09. The van der Waals surface area contributed by atoms with Crippen LogP contribution < -0.4 is 19.5 Å². The third-order valence-corrected chi connectivity index (χ3v) is 5.61. The number of methoxy groups -OCH3 is 2. The smallest absolute Gasteiger partial charge is 0.248 e. The van der Waals surface area contributed by atoms with E-state index in [0.717, 1.165) is 27.1 Å². The zero-order valence-electron chi connectivity index (χ0n) is 17.7. The number of hydrogen-bond acceptors (Lipinski definition) is 6. The van der Waals surface area contributed by atoms with Gasteiger partial charge in [0, 0.05) is 17.3 Å². The van der Waals surface area contributed by atoms with Crippen molar-refractivity contribution in [1.82, 2.24) is 4.98 Å². The Hall–Kier alpha value is -3.84. The fourth-order valence-electron chi connectivity index (χ4n) is 3.20. The number of nitrogens with one attached hydrogen (secondary N) is 1. The fraction of sp³-hybridized carbons (Fsp3) is 0.120. The number of ether oxygens (including phenoxy) is 3. The lowest BCUT2D eigenvalue weighted by atomic mass is 10.1. The summed E-state index contributed by atoms with van der Waals surface area (Å²) in [5.41, 5.74) is 5.03.